The van der Waals surface area contributed by atoms with Gasteiger partial charge in [-0.05, 0) is 47.0 Å². The van der Waals surface area contributed by atoms with E-state index >= 15 is 0 Å². The zero-order valence-electron chi connectivity index (χ0n) is 17.7. The number of hydrogen-bond acceptors (Lipinski definition) is 8. The first-order valence-electron chi connectivity index (χ1n) is 10.0. The van der Waals surface area contributed by atoms with Gasteiger partial charge in [-0.25, -0.2) is 0 Å². The standard InChI is InChI=1S/C21H36O8/c1-6-20(4,26)9-7-10-21(5)11-8-14(28-21)19(2,3)29-18-17(25)16(24)15(23)13(12-22)27-18/h6-7,10,13-18,22-26H,1,8-9,11-12H2,2-5H3/b10-7+/t13-,14+,15-,16+,17-,18+,20-,21+/m1/s1. The van der Waals surface area contributed by atoms with Crippen LogP contribution in [-0.2, 0) is 14.2 Å². The maximum Gasteiger partial charge on any atom is 0.187 e. The molecule has 0 amide bonds. The van der Waals surface area contributed by atoms with Crippen molar-refractivity contribution < 1.29 is 39.7 Å². The van der Waals surface area contributed by atoms with Crippen LogP contribution in [0.5, 0.6) is 0 Å². The minimum Gasteiger partial charge on any atom is -0.394 e. The van der Waals surface area contributed by atoms with E-state index in [0.717, 1.165) is 6.42 Å². The molecule has 2 fully saturated rings. The smallest absolute Gasteiger partial charge is 0.187 e. The highest BCUT2D eigenvalue weighted by molar-refractivity contribution is 5.08. The molecule has 8 heteroatoms. The van der Waals surface area contributed by atoms with E-state index in [1.807, 2.05) is 19.1 Å². The van der Waals surface area contributed by atoms with Gasteiger partial charge < -0.3 is 39.7 Å². The number of rotatable bonds is 8. The third-order valence-corrected chi connectivity index (χ3v) is 5.80. The molecule has 0 aromatic rings. The van der Waals surface area contributed by atoms with Gasteiger partial charge in [-0.1, -0.05) is 18.2 Å². The van der Waals surface area contributed by atoms with Crippen LogP contribution in [0, 0.1) is 0 Å². The Hall–Kier alpha value is -0.840. The fourth-order valence-corrected chi connectivity index (χ4v) is 3.64. The van der Waals surface area contributed by atoms with Crippen molar-refractivity contribution >= 4 is 0 Å². The molecule has 2 heterocycles. The van der Waals surface area contributed by atoms with E-state index in [9.17, 15) is 25.5 Å². The van der Waals surface area contributed by atoms with Crippen LogP contribution in [0.1, 0.15) is 47.0 Å². The summed E-state index contributed by atoms with van der Waals surface area (Å²) in [5.41, 5.74) is -2.37. The highest BCUT2D eigenvalue weighted by atomic mass is 16.7. The maximum absolute atomic E-state index is 10.2. The van der Waals surface area contributed by atoms with E-state index in [1.165, 1.54) is 6.08 Å². The van der Waals surface area contributed by atoms with E-state index < -0.39 is 54.1 Å². The van der Waals surface area contributed by atoms with Crippen molar-refractivity contribution in [3.63, 3.8) is 0 Å². The van der Waals surface area contributed by atoms with Gasteiger partial charge in [0, 0.05) is 0 Å². The average molecular weight is 417 g/mol. The summed E-state index contributed by atoms with van der Waals surface area (Å²) < 4.78 is 17.6. The van der Waals surface area contributed by atoms with Gasteiger partial charge in [-0.15, -0.1) is 6.58 Å². The van der Waals surface area contributed by atoms with Crippen molar-refractivity contribution in [1.29, 1.82) is 0 Å². The Morgan fingerprint density at radius 1 is 1.17 bits per heavy atom. The predicted octanol–water partition coefficient (Wildman–Crippen LogP) is 0.402. The Bertz CT molecular complexity index is 587. The van der Waals surface area contributed by atoms with Gasteiger partial charge >= 0.3 is 0 Å². The van der Waals surface area contributed by atoms with Crippen LogP contribution in [0.3, 0.4) is 0 Å². The molecule has 0 aromatic heterocycles. The van der Waals surface area contributed by atoms with Gasteiger partial charge in [-0.2, -0.15) is 0 Å². The Morgan fingerprint density at radius 3 is 2.41 bits per heavy atom. The Morgan fingerprint density at radius 2 is 1.83 bits per heavy atom. The van der Waals surface area contributed by atoms with Crippen LogP contribution in [-0.4, -0.2) is 85.8 Å². The second kappa shape index (κ2) is 9.11. The highest BCUT2D eigenvalue weighted by Crippen LogP contribution is 2.39. The van der Waals surface area contributed by atoms with E-state index in [0.29, 0.717) is 12.8 Å². The second-order valence-corrected chi connectivity index (χ2v) is 9.04. The largest absolute Gasteiger partial charge is 0.394 e. The normalized spacial score (nSPS) is 40.9. The van der Waals surface area contributed by atoms with Crippen molar-refractivity contribution in [3.05, 3.63) is 24.8 Å². The molecular weight excluding hydrogens is 380 g/mol. The fraction of sp³-hybridized carbons (Fsp3) is 0.810. The lowest BCUT2D eigenvalue weighted by Crippen LogP contribution is -2.61. The summed E-state index contributed by atoms with van der Waals surface area (Å²) in [6.07, 6.45) is 0.225. The van der Waals surface area contributed by atoms with Crippen LogP contribution >= 0.6 is 0 Å². The van der Waals surface area contributed by atoms with Gasteiger partial charge in [0.05, 0.1) is 29.5 Å². The van der Waals surface area contributed by atoms with Crippen LogP contribution in [0.15, 0.2) is 24.8 Å². The van der Waals surface area contributed by atoms with Crippen molar-refractivity contribution in [2.24, 2.45) is 0 Å². The van der Waals surface area contributed by atoms with Gasteiger partial charge in [0.1, 0.15) is 24.4 Å². The zero-order chi connectivity index (χ0) is 22.0. The number of aliphatic hydroxyl groups is 5. The van der Waals surface area contributed by atoms with Crippen molar-refractivity contribution in [1.82, 2.24) is 0 Å². The molecule has 2 rings (SSSR count). The molecule has 2 aliphatic rings. The Labute approximate surface area is 172 Å². The SMILES string of the molecule is C=C[C@@](C)(O)C/C=C/[C@@]1(C)CC[C@@H](C(C)(C)O[C@@H]2O[C@H](CO)[C@@H](O)[C@H](O)[C@H]2O)O1. The van der Waals surface area contributed by atoms with Crippen LogP contribution in [0.25, 0.3) is 0 Å². The van der Waals surface area contributed by atoms with E-state index in [4.69, 9.17) is 14.2 Å². The number of aliphatic hydroxyl groups excluding tert-OH is 4. The molecule has 168 valence electrons. The molecule has 2 saturated heterocycles. The molecule has 5 N–H and O–H groups in total. The number of ether oxygens (including phenoxy) is 3. The molecule has 0 spiro atoms. The van der Waals surface area contributed by atoms with E-state index in [2.05, 4.69) is 6.58 Å². The number of hydrogen-bond donors (Lipinski definition) is 5. The first-order valence-corrected chi connectivity index (χ1v) is 10.0. The van der Waals surface area contributed by atoms with Crippen molar-refractivity contribution in [2.75, 3.05) is 6.61 Å². The monoisotopic (exact) mass is 416 g/mol. The first kappa shape index (κ1) is 24.4. The minimum absolute atomic E-state index is 0.315. The molecule has 8 atom stereocenters. The molecule has 0 radical (unpaired) electrons. The summed E-state index contributed by atoms with van der Waals surface area (Å²) in [4.78, 5) is 0. The van der Waals surface area contributed by atoms with Crippen molar-refractivity contribution in [3.8, 4) is 0 Å². The zero-order valence-corrected chi connectivity index (χ0v) is 17.7. The van der Waals surface area contributed by atoms with E-state index in [1.54, 1.807) is 20.8 Å². The average Bonchev–Trinajstić information content (AvgIpc) is 3.05. The van der Waals surface area contributed by atoms with Crippen LogP contribution in [0.4, 0.5) is 0 Å². The molecule has 0 bridgehead atoms. The summed E-state index contributed by atoms with van der Waals surface area (Å²) in [6, 6.07) is 0. The first-order chi connectivity index (χ1) is 13.3. The second-order valence-electron chi connectivity index (χ2n) is 9.04. The van der Waals surface area contributed by atoms with Crippen LogP contribution < -0.4 is 0 Å². The summed E-state index contributed by atoms with van der Waals surface area (Å²) in [5.74, 6) is 0. The predicted molar refractivity (Wildman–Crippen MR) is 106 cm³/mol. The molecule has 2 aliphatic heterocycles. The van der Waals surface area contributed by atoms with Gasteiger partial charge in [0.15, 0.2) is 6.29 Å². The molecule has 0 saturated carbocycles. The third-order valence-electron chi connectivity index (χ3n) is 5.80. The lowest BCUT2D eigenvalue weighted by Gasteiger charge is -2.44. The lowest BCUT2D eigenvalue weighted by molar-refractivity contribution is -0.332. The topological polar surface area (TPSA) is 129 Å². The van der Waals surface area contributed by atoms with Gasteiger partial charge in [-0.3, -0.25) is 0 Å². The molecule has 29 heavy (non-hydrogen) atoms. The van der Waals surface area contributed by atoms with Gasteiger partial charge in [0.25, 0.3) is 0 Å². The lowest BCUT2D eigenvalue weighted by atomic mass is 9.94. The Kier molecular flexibility index (Phi) is 7.68. The highest BCUT2D eigenvalue weighted by Gasteiger charge is 2.49. The summed E-state index contributed by atoms with van der Waals surface area (Å²) >= 11 is 0. The minimum atomic E-state index is -1.49. The Balaban J connectivity index is 2.01. The van der Waals surface area contributed by atoms with Crippen molar-refractivity contribution in [2.45, 2.75) is 101 Å². The fourth-order valence-electron chi connectivity index (χ4n) is 3.64. The molecular formula is C21H36O8. The van der Waals surface area contributed by atoms with Crippen LogP contribution in [0.2, 0.25) is 0 Å². The molecule has 0 aromatic carbocycles. The summed E-state index contributed by atoms with van der Waals surface area (Å²) in [6.45, 7) is 10.3. The van der Waals surface area contributed by atoms with E-state index in [-0.39, 0.29) is 6.10 Å². The third kappa shape index (κ3) is 5.86. The van der Waals surface area contributed by atoms with Gasteiger partial charge in [0.2, 0.25) is 0 Å². The summed E-state index contributed by atoms with van der Waals surface area (Å²) in [7, 11) is 0. The quantitative estimate of drug-likeness (QED) is 0.360. The molecule has 0 unspecified atom stereocenters. The summed E-state index contributed by atoms with van der Waals surface area (Å²) in [5, 5.41) is 49.4. The molecule has 0 aliphatic carbocycles. The maximum atomic E-state index is 10.2. The molecule has 8 nitrogen and oxygen atoms in total.